The van der Waals surface area contributed by atoms with Crippen LogP contribution in [0.3, 0.4) is 0 Å². The Kier molecular flexibility index (Phi) is 5.76. The molecule has 23 heavy (non-hydrogen) atoms. The number of para-hydroxylation sites is 1. The zero-order chi connectivity index (χ0) is 16.9. The summed E-state index contributed by atoms with van der Waals surface area (Å²) in [6.07, 6.45) is -1.97. The predicted molar refractivity (Wildman–Crippen MR) is 85.4 cm³/mol. The zero-order valence-corrected chi connectivity index (χ0v) is 13.3. The molecule has 1 amide bonds. The van der Waals surface area contributed by atoms with Gasteiger partial charge in [-0.1, -0.05) is 18.2 Å². The first kappa shape index (κ1) is 17.5. The van der Waals surface area contributed by atoms with Gasteiger partial charge in [0.2, 0.25) is 5.91 Å². The van der Waals surface area contributed by atoms with Crippen LogP contribution >= 0.6 is 11.3 Å². The highest BCUT2D eigenvalue weighted by Crippen LogP contribution is 2.23. The molecule has 7 heteroatoms. The van der Waals surface area contributed by atoms with E-state index in [0.29, 0.717) is 12.8 Å². The number of benzene rings is 1. The summed E-state index contributed by atoms with van der Waals surface area (Å²) in [6, 6.07) is 7.71. The lowest BCUT2D eigenvalue weighted by Gasteiger charge is -2.22. The van der Waals surface area contributed by atoms with E-state index in [0.717, 1.165) is 20.1 Å². The molecule has 124 valence electrons. The summed E-state index contributed by atoms with van der Waals surface area (Å²) in [4.78, 5) is 17.2. The number of alkyl halides is 3. The molecule has 0 aliphatic rings. The molecule has 0 N–H and O–H groups in total. The van der Waals surface area contributed by atoms with Crippen LogP contribution in [0.4, 0.5) is 13.2 Å². The molecule has 0 unspecified atom stereocenters. The fourth-order valence-electron chi connectivity index (χ4n) is 2.20. The smallest absolute Gasteiger partial charge is 0.330 e. The first-order chi connectivity index (χ1) is 10.9. The van der Waals surface area contributed by atoms with Crippen molar-refractivity contribution in [3.8, 4) is 0 Å². The standard InChI is InChI=1S/C16H17F3N2OS/c1-2-10-21(11-16(17,18)19)15(22)9-5-8-14-20-12-6-3-4-7-13(12)23-14/h2-4,6-7H,1,5,8-11H2. The number of carbonyl (C=O) groups is 1. The van der Waals surface area contributed by atoms with E-state index in [2.05, 4.69) is 11.6 Å². The van der Waals surface area contributed by atoms with E-state index in [4.69, 9.17) is 0 Å². The van der Waals surface area contributed by atoms with Gasteiger partial charge in [0.25, 0.3) is 0 Å². The van der Waals surface area contributed by atoms with Crippen molar-refractivity contribution in [1.29, 1.82) is 0 Å². The van der Waals surface area contributed by atoms with Crippen molar-refractivity contribution in [1.82, 2.24) is 9.88 Å². The summed E-state index contributed by atoms with van der Waals surface area (Å²) in [7, 11) is 0. The molecule has 0 fully saturated rings. The number of hydrogen-bond acceptors (Lipinski definition) is 3. The average molecular weight is 342 g/mol. The Morgan fingerprint density at radius 1 is 1.35 bits per heavy atom. The fourth-order valence-corrected chi connectivity index (χ4v) is 3.21. The summed E-state index contributed by atoms with van der Waals surface area (Å²) in [5.74, 6) is -0.511. The Labute approximate surface area is 136 Å². The van der Waals surface area contributed by atoms with Gasteiger partial charge in [-0.3, -0.25) is 4.79 Å². The second-order valence-electron chi connectivity index (χ2n) is 5.11. The molecule has 0 radical (unpaired) electrons. The predicted octanol–water partition coefficient (Wildman–Crippen LogP) is 4.20. The topological polar surface area (TPSA) is 33.2 Å². The largest absolute Gasteiger partial charge is 0.406 e. The normalized spacial score (nSPS) is 11.6. The van der Waals surface area contributed by atoms with Crippen molar-refractivity contribution in [3.63, 3.8) is 0 Å². The molecule has 1 heterocycles. The SMILES string of the molecule is C=CCN(CC(F)(F)F)C(=O)CCCc1nc2ccccc2s1. The second-order valence-corrected chi connectivity index (χ2v) is 6.22. The van der Waals surface area contributed by atoms with Crippen molar-refractivity contribution in [2.24, 2.45) is 0 Å². The molecule has 2 aromatic rings. The van der Waals surface area contributed by atoms with Gasteiger partial charge in [-0.05, 0) is 25.0 Å². The molecule has 2 rings (SSSR count). The van der Waals surface area contributed by atoms with E-state index in [1.807, 2.05) is 24.3 Å². The summed E-state index contributed by atoms with van der Waals surface area (Å²) in [5.41, 5.74) is 0.907. The van der Waals surface area contributed by atoms with E-state index in [-0.39, 0.29) is 13.0 Å². The van der Waals surface area contributed by atoms with E-state index in [9.17, 15) is 18.0 Å². The summed E-state index contributed by atoms with van der Waals surface area (Å²) >= 11 is 1.55. The van der Waals surface area contributed by atoms with Crippen molar-refractivity contribution < 1.29 is 18.0 Å². The van der Waals surface area contributed by atoms with E-state index in [1.54, 1.807) is 11.3 Å². The molecule has 0 atom stereocenters. The number of halogens is 3. The third-order valence-electron chi connectivity index (χ3n) is 3.19. The molecule has 0 bridgehead atoms. The minimum absolute atomic E-state index is 0.0693. The molecule has 0 spiro atoms. The van der Waals surface area contributed by atoms with E-state index in [1.165, 1.54) is 6.08 Å². The summed E-state index contributed by atoms with van der Waals surface area (Å²) in [5, 5.41) is 0.894. The Morgan fingerprint density at radius 3 is 2.74 bits per heavy atom. The Hall–Kier alpha value is -1.89. The highest BCUT2D eigenvalue weighted by molar-refractivity contribution is 7.18. The van der Waals surface area contributed by atoms with Crippen LogP contribution in [0.5, 0.6) is 0 Å². The molecule has 1 aromatic carbocycles. The Morgan fingerprint density at radius 2 is 2.09 bits per heavy atom. The number of rotatable bonds is 7. The number of aryl methyl sites for hydroxylation is 1. The fraction of sp³-hybridized carbons (Fsp3) is 0.375. The monoisotopic (exact) mass is 342 g/mol. The maximum atomic E-state index is 12.5. The van der Waals surface area contributed by atoms with Crippen LogP contribution in [-0.2, 0) is 11.2 Å². The highest BCUT2D eigenvalue weighted by atomic mass is 32.1. The summed E-state index contributed by atoms with van der Waals surface area (Å²) < 4.78 is 38.4. The third kappa shape index (κ3) is 5.35. The molecule has 1 aromatic heterocycles. The first-order valence-electron chi connectivity index (χ1n) is 7.19. The lowest BCUT2D eigenvalue weighted by molar-refractivity contribution is -0.160. The van der Waals surface area contributed by atoms with Gasteiger partial charge in [-0.2, -0.15) is 13.2 Å². The van der Waals surface area contributed by atoms with Crippen LogP contribution in [0.25, 0.3) is 10.2 Å². The maximum absolute atomic E-state index is 12.5. The third-order valence-corrected chi connectivity index (χ3v) is 4.29. The minimum Gasteiger partial charge on any atom is -0.330 e. The summed E-state index contributed by atoms with van der Waals surface area (Å²) in [6.45, 7) is 2.06. The lowest BCUT2D eigenvalue weighted by Crippen LogP contribution is -2.39. The van der Waals surface area contributed by atoms with Crippen molar-refractivity contribution >= 4 is 27.5 Å². The van der Waals surface area contributed by atoms with Crippen LogP contribution in [0.2, 0.25) is 0 Å². The molecular weight excluding hydrogens is 325 g/mol. The van der Waals surface area contributed by atoms with Crippen LogP contribution < -0.4 is 0 Å². The van der Waals surface area contributed by atoms with Crippen LogP contribution in [0.1, 0.15) is 17.8 Å². The van der Waals surface area contributed by atoms with E-state index < -0.39 is 18.6 Å². The number of aromatic nitrogens is 1. The van der Waals surface area contributed by atoms with Gasteiger partial charge in [0.05, 0.1) is 15.2 Å². The van der Waals surface area contributed by atoms with Crippen LogP contribution in [0.15, 0.2) is 36.9 Å². The van der Waals surface area contributed by atoms with Gasteiger partial charge in [0.1, 0.15) is 6.54 Å². The number of nitrogens with zero attached hydrogens (tertiary/aromatic N) is 2. The second kappa shape index (κ2) is 7.59. The molecule has 3 nitrogen and oxygen atoms in total. The number of amides is 1. The van der Waals surface area contributed by atoms with Gasteiger partial charge in [0.15, 0.2) is 0 Å². The maximum Gasteiger partial charge on any atom is 0.406 e. The number of carbonyl (C=O) groups excluding carboxylic acids is 1. The molecule has 0 aliphatic heterocycles. The van der Waals surface area contributed by atoms with Gasteiger partial charge >= 0.3 is 6.18 Å². The molecule has 0 saturated heterocycles. The molecular formula is C16H17F3N2OS. The van der Waals surface area contributed by atoms with Crippen molar-refractivity contribution in [2.45, 2.75) is 25.4 Å². The number of thiazole rings is 1. The van der Waals surface area contributed by atoms with Gasteiger partial charge < -0.3 is 4.90 Å². The lowest BCUT2D eigenvalue weighted by atomic mass is 10.2. The first-order valence-corrected chi connectivity index (χ1v) is 8.00. The van der Waals surface area contributed by atoms with Crippen LogP contribution in [0, 0.1) is 0 Å². The minimum atomic E-state index is -4.40. The van der Waals surface area contributed by atoms with Crippen molar-refractivity contribution in [3.05, 3.63) is 41.9 Å². The van der Waals surface area contributed by atoms with Crippen LogP contribution in [-0.4, -0.2) is 35.1 Å². The quantitative estimate of drug-likeness (QED) is 0.707. The van der Waals surface area contributed by atoms with E-state index >= 15 is 0 Å². The molecule has 0 aliphatic carbocycles. The van der Waals surface area contributed by atoms with Gasteiger partial charge in [-0.25, -0.2) is 4.98 Å². The highest BCUT2D eigenvalue weighted by Gasteiger charge is 2.32. The number of hydrogen-bond donors (Lipinski definition) is 0. The average Bonchev–Trinajstić information content (AvgIpc) is 2.88. The van der Waals surface area contributed by atoms with Gasteiger partial charge in [-0.15, -0.1) is 17.9 Å². The Balaban J connectivity index is 1.88. The van der Waals surface area contributed by atoms with Crippen molar-refractivity contribution in [2.75, 3.05) is 13.1 Å². The molecule has 0 saturated carbocycles. The Bertz CT molecular complexity index is 648. The number of fused-ring (bicyclic) bond motifs is 1. The zero-order valence-electron chi connectivity index (χ0n) is 12.5. The van der Waals surface area contributed by atoms with Gasteiger partial charge in [0, 0.05) is 13.0 Å².